The topological polar surface area (TPSA) is 84.5 Å². The Balaban J connectivity index is 2.15. The van der Waals surface area contributed by atoms with Crippen molar-refractivity contribution in [2.75, 3.05) is 11.9 Å². The van der Waals surface area contributed by atoms with Crippen molar-refractivity contribution in [3.63, 3.8) is 0 Å². The fourth-order valence-electron chi connectivity index (χ4n) is 2.56. The van der Waals surface area contributed by atoms with Crippen molar-refractivity contribution < 1.29 is 19.1 Å². The molecule has 6 heteroatoms. The third-order valence-electron chi connectivity index (χ3n) is 4.32. The Kier molecular flexibility index (Phi) is 7.15. The van der Waals surface area contributed by atoms with Gasteiger partial charge in [0, 0.05) is 16.7 Å². The zero-order chi connectivity index (χ0) is 21.6. The Hall–Kier alpha value is -3.15. The van der Waals surface area contributed by atoms with Gasteiger partial charge in [-0.15, -0.1) is 0 Å². The van der Waals surface area contributed by atoms with Crippen LogP contribution in [0.1, 0.15) is 43.6 Å². The lowest BCUT2D eigenvalue weighted by Gasteiger charge is -2.20. The van der Waals surface area contributed by atoms with Gasteiger partial charge in [0.25, 0.3) is 5.91 Å². The van der Waals surface area contributed by atoms with Gasteiger partial charge in [0.1, 0.15) is 6.54 Å². The van der Waals surface area contributed by atoms with E-state index in [4.69, 9.17) is 4.74 Å². The average Bonchev–Trinajstić information content (AvgIpc) is 2.66. The van der Waals surface area contributed by atoms with E-state index < -0.39 is 23.4 Å². The van der Waals surface area contributed by atoms with Crippen molar-refractivity contribution >= 4 is 23.5 Å². The molecule has 0 aliphatic heterocycles. The summed E-state index contributed by atoms with van der Waals surface area (Å²) in [6.07, 6.45) is -1.13. The highest BCUT2D eigenvalue weighted by Crippen LogP contribution is 2.23. The summed E-state index contributed by atoms with van der Waals surface area (Å²) in [6, 6.07) is 14.5. The van der Waals surface area contributed by atoms with Crippen LogP contribution < -0.4 is 10.6 Å². The Morgan fingerprint density at radius 2 is 1.66 bits per heavy atom. The van der Waals surface area contributed by atoms with Crippen LogP contribution in [0.4, 0.5) is 5.69 Å². The molecule has 1 atom stereocenters. The fourth-order valence-corrected chi connectivity index (χ4v) is 2.56. The average molecular weight is 396 g/mol. The van der Waals surface area contributed by atoms with E-state index in [2.05, 4.69) is 10.6 Å². The van der Waals surface area contributed by atoms with Crippen LogP contribution in [0.5, 0.6) is 0 Å². The monoisotopic (exact) mass is 396 g/mol. The molecule has 0 unspecified atom stereocenters. The van der Waals surface area contributed by atoms with Gasteiger partial charge >= 0.3 is 5.97 Å². The summed E-state index contributed by atoms with van der Waals surface area (Å²) in [5, 5.41) is 5.38. The van der Waals surface area contributed by atoms with Gasteiger partial charge in [0.2, 0.25) is 12.0 Å². The van der Waals surface area contributed by atoms with Crippen molar-refractivity contribution in [2.24, 2.45) is 5.41 Å². The molecule has 2 amide bonds. The molecule has 0 aliphatic carbocycles. The minimum atomic E-state index is -1.13. The van der Waals surface area contributed by atoms with Crippen LogP contribution in [0, 0.1) is 19.3 Å². The smallest absolute Gasteiger partial charge is 0.326 e. The van der Waals surface area contributed by atoms with Gasteiger partial charge < -0.3 is 15.4 Å². The molecule has 0 aliphatic rings. The van der Waals surface area contributed by atoms with E-state index in [9.17, 15) is 14.4 Å². The first kappa shape index (κ1) is 22.1. The van der Waals surface area contributed by atoms with E-state index >= 15 is 0 Å². The molecule has 0 heterocycles. The molecule has 154 valence electrons. The maximum atomic E-state index is 12.9. The van der Waals surface area contributed by atoms with E-state index in [1.54, 1.807) is 45.0 Å². The van der Waals surface area contributed by atoms with Crippen LogP contribution in [-0.4, -0.2) is 24.3 Å². The largest absolute Gasteiger partial charge is 0.446 e. The minimum Gasteiger partial charge on any atom is -0.446 e. The van der Waals surface area contributed by atoms with E-state index in [1.807, 2.05) is 38.1 Å². The summed E-state index contributed by atoms with van der Waals surface area (Å²) in [5.74, 6) is -1.42. The van der Waals surface area contributed by atoms with Crippen molar-refractivity contribution in [3.05, 3.63) is 65.2 Å². The second-order valence-corrected chi connectivity index (χ2v) is 8.02. The summed E-state index contributed by atoms with van der Waals surface area (Å²) >= 11 is 0. The third kappa shape index (κ3) is 6.45. The fraction of sp³-hybridized carbons (Fsp3) is 0.348. The normalized spacial score (nSPS) is 12.0. The summed E-state index contributed by atoms with van der Waals surface area (Å²) < 4.78 is 5.44. The quantitative estimate of drug-likeness (QED) is 0.730. The predicted molar refractivity (Wildman–Crippen MR) is 112 cm³/mol. The second-order valence-electron chi connectivity index (χ2n) is 8.02. The zero-order valence-corrected chi connectivity index (χ0v) is 17.5. The number of carbonyl (C=O) groups is 3. The lowest BCUT2D eigenvalue weighted by molar-refractivity contribution is -0.154. The standard InChI is InChI=1S/C23H28N2O4/c1-15-11-12-16(2)18(13-15)25-21(27)20(17-9-7-6-8-10-17)29-19(26)14-24-22(28)23(3,4)5/h6-13,20H,14H2,1-5H3,(H,24,28)(H,25,27)/t20-/m0/s1. The van der Waals surface area contributed by atoms with E-state index in [0.29, 0.717) is 11.3 Å². The van der Waals surface area contributed by atoms with E-state index in [1.165, 1.54) is 0 Å². The SMILES string of the molecule is Cc1ccc(C)c(NC(=O)[C@@H](OC(=O)CNC(=O)C(C)(C)C)c2ccccc2)c1. The number of nitrogens with one attached hydrogen (secondary N) is 2. The Labute approximate surface area is 171 Å². The van der Waals surface area contributed by atoms with Crippen molar-refractivity contribution in [1.82, 2.24) is 5.32 Å². The highest BCUT2D eigenvalue weighted by Gasteiger charge is 2.27. The molecule has 0 fully saturated rings. The molecule has 6 nitrogen and oxygen atoms in total. The highest BCUT2D eigenvalue weighted by molar-refractivity contribution is 5.97. The number of hydrogen-bond acceptors (Lipinski definition) is 4. The first-order chi connectivity index (χ1) is 13.6. The molecule has 0 spiro atoms. The van der Waals surface area contributed by atoms with Gasteiger partial charge in [-0.1, -0.05) is 63.2 Å². The van der Waals surface area contributed by atoms with Gasteiger partial charge in [0.05, 0.1) is 0 Å². The van der Waals surface area contributed by atoms with E-state index in [0.717, 1.165) is 11.1 Å². The maximum Gasteiger partial charge on any atom is 0.326 e. The number of aryl methyl sites for hydroxylation is 2. The number of amides is 2. The molecular weight excluding hydrogens is 368 g/mol. The molecular formula is C23H28N2O4. The lowest BCUT2D eigenvalue weighted by atomic mass is 9.96. The number of benzene rings is 2. The number of hydrogen-bond donors (Lipinski definition) is 2. The molecule has 0 bridgehead atoms. The molecule has 0 aromatic heterocycles. The molecule has 0 saturated heterocycles. The van der Waals surface area contributed by atoms with Crippen molar-refractivity contribution in [1.29, 1.82) is 0 Å². The van der Waals surface area contributed by atoms with Crippen LogP contribution in [0.15, 0.2) is 48.5 Å². The number of ether oxygens (including phenoxy) is 1. The molecule has 29 heavy (non-hydrogen) atoms. The zero-order valence-electron chi connectivity index (χ0n) is 17.5. The first-order valence-corrected chi connectivity index (χ1v) is 9.49. The van der Waals surface area contributed by atoms with E-state index in [-0.39, 0.29) is 12.5 Å². The highest BCUT2D eigenvalue weighted by atomic mass is 16.5. The summed E-state index contributed by atoms with van der Waals surface area (Å²) in [5.41, 5.74) is 2.49. The van der Waals surface area contributed by atoms with Crippen LogP contribution in [0.2, 0.25) is 0 Å². The molecule has 0 saturated carbocycles. The molecule has 2 rings (SSSR count). The second kappa shape index (κ2) is 9.37. The minimum absolute atomic E-state index is 0.273. The van der Waals surface area contributed by atoms with Crippen LogP contribution in [0.25, 0.3) is 0 Å². The van der Waals surface area contributed by atoms with Gasteiger partial charge in [-0.3, -0.25) is 14.4 Å². The Morgan fingerprint density at radius 1 is 1.00 bits per heavy atom. The predicted octanol–water partition coefficient (Wildman–Crippen LogP) is 3.69. The summed E-state index contributed by atoms with van der Waals surface area (Å²) in [7, 11) is 0. The van der Waals surface area contributed by atoms with Crippen LogP contribution in [-0.2, 0) is 19.1 Å². The van der Waals surface area contributed by atoms with Crippen LogP contribution >= 0.6 is 0 Å². The van der Waals surface area contributed by atoms with Gasteiger partial charge in [-0.2, -0.15) is 0 Å². The molecule has 2 N–H and O–H groups in total. The summed E-state index contributed by atoms with van der Waals surface area (Å²) in [6.45, 7) is 8.76. The van der Waals surface area contributed by atoms with Crippen molar-refractivity contribution in [3.8, 4) is 0 Å². The Bertz CT molecular complexity index is 885. The van der Waals surface area contributed by atoms with Gasteiger partial charge in [-0.25, -0.2) is 0 Å². The van der Waals surface area contributed by atoms with Crippen LogP contribution in [0.3, 0.4) is 0 Å². The van der Waals surface area contributed by atoms with Gasteiger partial charge in [0.15, 0.2) is 0 Å². The molecule has 2 aromatic carbocycles. The first-order valence-electron chi connectivity index (χ1n) is 9.49. The number of carbonyl (C=O) groups excluding carboxylic acids is 3. The number of rotatable bonds is 6. The van der Waals surface area contributed by atoms with Gasteiger partial charge in [-0.05, 0) is 31.0 Å². The van der Waals surface area contributed by atoms with Crippen molar-refractivity contribution in [2.45, 2.75) is 40.7 Å². The lowest BCUT2D eigenvalue weighted by Crippen LogP contribution is -2.39. The number of esters is 1. The third-order valence-corrected chi connectivity index (χ3v) is 4.32. The Morgan fingerprint density at radius 3 is 2.28 bits per heavy atom. The molecule has 0 radical (unpaired) electrons. The number of anilines is 1. The summed E-state index contributed by atoms with van der Waals surface area (Å²) in [4.78, 5) is 37.2. The molecule has 2 aromatic rings. The maximum absolute atomic E-state index is 12.9.